The van der Waals surface area contributed by atoms with E-state index in [9.17, 15) is 27.2 Å². The van der Waals surface area contributed by atoms with Crippen LogP contribution in [0, 0.1) is 23.3 Å². The quantitative estimate of drug-likeness (QED) is 0.283. The number of rotatable bonds is 4. The van der Waals surface area contributed by atoms with Crippen LogP contribution in [0.3, 0.4) is 0 Å². The van der Waals surface area contributed by atoms with Crippen molar-refractivity contribution in [1.29, 1.82) is 0 Å². The van der Waals surface area contributed by atoms with Crippen molar-refractivity contribution >= 4 is 43.4 Å². The Balaban J connectivity index is 0.000000292. The van der Waals surface area contributed by atoms with Crippen LogP contribution in [0.15, 0.2) is 45.5 Å². The zero-order valence-corrected chi connectivity index (χ0v) is 18.2. The van der Waals surface area contributed by atoms with Crippen molar-refractivity contribution in [3.8, 4) is 0 Å². The molecule has 0 aromatic heterocycles. The molecule has 150 valence electrons. The van der Waals surface area contributed by atoms with Gasteiger partial charge < -0.3 is 4.90 Å². The molecule has 0 saturated heterocycles. The number of allylic oxidation sites excluding steroid dienone is 1. The molecule has 0 unspecified atom stereocenters. The fourth-order valence-electron chi connectivity index (χ4n) is 1.96. The minimum absolute atomic E-state index is 0.260. The minimum Gasteiger partial charge on any atom is -0.383 e. The monoisotopic (exact) mass is 523 g/mol. The Morgan fingerprint density at radius 3 is 1.50 bits per heavy atom. The van der Waals surface area contributed by atoms with E-state index in [-0.39, 0.29) is 8.95 Å². The maximum Gasteiger partial charge on any atom is 0.193 e. The highest BCUT2D eigenvalue weighted by Crippen LogP contribution is 2.20. The minimum atomic E-state index is -0.875. The molecule has 3 nitrogen and oxygen atoms in total. The number of Topliss-reactive ketones (excluding diaryl/α,β-unsaturated/α-hetero) is 1. The van der Waals surface area contributed by atoms with Crippen molar-refractivity contribution < 1.29 is 27.2 Å². The van der Waals surface area contributed by atoms with Crippen LogP contribution in [0.2, 0.25) is 0 Å². The summed E-state index contributed by atoms with van der Waals surface area (Å²) in [5.74, 6) is -4.74. The summed E-state index contributed by atoms with van der Waals surface area (Å²) >= 11 is 5.85. The molecule has 2 rings (SSSR count). The van der Waals surface area contributed by atoms with Gasteiger partial charge in [0.2, 0.25) is 0 Å². The summed E-state index contributed by atoms with van der Waals surface area (Å²) in [6, 6.07) is 4.22. The average Bonchev–Trinajstić information content (AvgIpc) is 2.51. The SMILES string of the molecule is CC(=O)c1c(F)cc(Br)cc1F.CN(C)C=CC(=O)c1c(F)cc(Br)cc1F. The van der Waals surface area contributed by atoms with Gasteiger partial charge >= 0.3 is 0 Å². The van der Waals surface area contributed by atoms with Crippen molar-refractivity contribution in [2.24, 2.45) is 0 Å². The first-order chi connectivity index (χ1) is 12.9. The van der Waals surface area contributed by atoms with Gasteiger partial charge in [-0.3, -0.25) is 9.59 Å². The van der Waals surface area contributed by atoms with E-state index >= 15 is 0 Å². The maximum absolute atomic E-state index is 13.3. The number of carbonyl (C=O) groups is 2. The zero-order chi connectivity index (χ0) is 21.6. The van der Waals surface area contributed by atoms with Crippen LogP contribution < -0.4 is 0 Å². The number of ketones is 2. The Morgan fingerprint density at radius 2 is 1.18 bits per heavy atom. The van der Waals surface area contributed by atoms with E-state index in [1.54, 1.807) is 19.0 Å². The first kappa shape index (κ1) is 24.0. The highest BCUT2D eigenvalue weighted by Gasteiger charge is 2.16. The van der Waals surface area contributed by atoms with E-state index in [2.05, 4.69) is 31.9 Å². The molecule has 0 aliphatic heterocycles. The Hall–Kier alpha value is -2.00. The number of carbonyl (C=O) groups excluding carboxylic acids is 2. The molecule has 0 aliphatic carbocycles. The van der Waals surface area contributed by atoms with Gasteiger partial charge in [0.1, 0.15) is 23.3 Å². The lowest BCUT2D eigenvalue weighted by atomic mass is 10.1. The summed E-state index contributed by atoms with van der Waals surface area (Å²) in [6.45, 7) is 1.12. The van der Waals surface area contributed by atoms with Gasteiger partial charge in [0, 0.05) is 35.3 Å². The second-order valence-corrected chi connectivity index (χ2v) is 7.52. The summed E-state index contributed by atoms with van der Waals surface area (Å²) in [5.41, 5.74) is -1.03. The molecule has 0 atom stereocenters. The molecule has 0 amide bonds. The molecule has 0 fully saturated rings. The third-order valence-corrected chi connectivity index (χ3v) is 4.05. The van der Waals surface area contributed by atoms with E-state index < -0.39 is 46.0 Å². The average molecular weight is 525 g/mol. The van der Waals surface area contributed by atoms with E-state index in [1.165, 1.54) is 6.20 Å². The molecule has 28 heavy (non-hydrogen) atoms. The van der Waals surface area contributed by atoms with Gasteiger partial charge in [-0.15, -0.1) is 0 Å². The van der Waals surface area contributed by atoms with Crippen LogP contribution in [0.4, 0.5) is 17.6 Å². The number of halogens is 6. The molecular formula is C19H15Br2F4NO2. The normalized spacial score (nSPS) is 10.5. The Labute approximate surface area is 176 Å². The molecule has 0 radical (unpaired) electrons. The van der Waals surface area contributed by atoms with Crippen LogP contribution in [0.5, 0.6) is 0 Å². The third-order valence-electron chi connectivity index (χ3n) is 3.14. The number of hydrogen-bond donors (Lipinski definition) is 0. The lowest BCUT2D eigenvalue weighted by Gasteiger charge is -2.04. The largest absolute Gasteiger partial charge is 0.383 e. The summed E-state index contributed by atoms with van der Waals surface area (Å²) in [7, 11) is 3.41. The molecule has 0 spiro atoms. The van der Waals surface area contributed by atoms with Crippen molar-refractivity contribution in [2.45, 2.75) is 6.92 Å². The highest BCUT2D eigenvalue weighted by molar-refractivity contribution is 9.10. The topological polar surface area (TPSA) is 37.4 Å². The van der Waals surface area contributed by atoms with Crippen molar-refractivity contribution in [2.75, 3.05) is 14.1 Å². The van der Waals surface area contributed by atoms with Gasteiger partial charge in [-0.05, 0) is 31.2 Å². The van der Waals surface area contributed by atoms with Crippen molar-refractivity contribution in [3.05, 3.63) is 79.9 Å². The van der Waals surface area contributed by atoms with E-state index in [0.717, 1.165) is 37.3 Å². The summed E-state index contributed by atoms with van der Waals surface area (Å²) in [6.07, 6.45) is 2.55. The fraction of sp³-hybridized carbons (Fsp3) is 0.158. The number of hydrogen-bond acceptors (Lipinski definition) is 3. The van der Waals surface area contributed by atoms with Crippen LogP contribution >= 0.6 is 31.9 Å². The van der Waals surface area contributed by atoms with E-state index in [4.69, 9.17) is 0 Å². The van der Waals surface area contributed by atoms with E-state index in [0.29, 0.717) is 0 Å². The van der Waals surface area contributed by atoms with E-state index in [1.807, 2.05) is 0 Å². The Bertz CT molecular complexity index is 884. The van der Waals surface area contributed by atoms with Crippen LogP contribution in [0.1, 0.15) is 27.6 Å². The predicted molar refractivity (Wildman–Crippen MR) is 105 cm³/mol. The highest BCUT2D eigenvalue weighted by atomic mass is 79.9. The van der Waals surface area contributed by atoms with Gasteiger partial charge in [-0.1, -0.05) is 31.9 Å². The van der Waals surface area contributed by atoms with Gasteiger partial charge in [-0.2, -0.15) is 0 Å². The number of nitrogens with zero attached hydrogens (tertiary/aromatic N) is 1. The first-order valence-electron chi connectivity index (χ1n) is 7.63. The van der Waals surface area contributed by atoms with Crippen LogP contribution in [-0.4, -0.2) is 30.6 Å². The third kappa shape index (κ3) is 6.87. The standard InChI is InChI=1S/C11H10BrF2NO.C8H5BrF2O/c1-15(2)4-3-10(16)11-8(13)5-7(12)6-9(11)14;1-4(12)8-6(10)2-5(9)3-7(8)11/h3-6H,1-2H3;2-3H,1H3. The second kappa shape index (κ2) is 10.5. The summed E-state index contributed by atoms with van der Waals surface area (Å²) in [4.78, 5) is 23.8. The molecule has 0 saturated carbocycles. The molecule has 2 aromatic rings. The second-order valence-electron chi connectivity index (χ2n) is 5.69. The van der Waals surface area contributed by atoms with Crippen molar-refractivity contribution in [3.63, 3.8) is 0 Å². The molecule has 9 heteroatoms. The van der Waals surface area contributed by atoms with Crippen molar-refractivity contribution in [1.82, 2.24) is 4.90 Å². The lowest BCUT2D eigenvalue weighted by Crippen LogP contribution is -2.06. The summed E-state index contributed by atoms with van der Waals surface area (Å²) in [5, 5.41) is 0. The van der Waals surface area contributed by atoms with Gasteiger partial charge in [0.15, 0.2) is 11.6 Å². The van der Waals surface area contributed by atoms with Crippen LogP contribution in [-0.2, 0) is 0 Å². The first-order valence-corrected chi connectivity index (χ1v) is 9.21. The Morgan fingerprint density at radius 1 is 0.821 bits per heavy atom. The van der Waals surface area contributed by atoms with Gasteiger partial charge in [0.25, 0.3) is 0 Å². The zero-order valence-electron chi connectivity index (χ0n) is 15.0. The lowest BCUT2D eigenvalue weighted by molar-refractivity contribution is 0.100. The molecule has 0 N–H and O–H groups in total. The molecule has 0 bridgehead atoms. The van der Waals surface area contributed by atoms with Gasteiger partial charge in [0.05, 0.1) is 11.1 Å². The molecule has 2 aromatic carbocycles. The van der Waals surface area contributed by atoms with Gasteiger partial charge in [-0.25, -0.2) is 17.6 Å². The Kier molecular flexibility index (Phi) is 9.03. The smallest absolute Gasteiger partial charge is 0.193 e. The fourth-order valence-corrected chi connectivity index (χ4v) is 2.76. The maximum atomic E-state index is 13.3. The summed E-state index contributed by atoms with van der Waals surface area (Å²) < 4.78 is 53.0. The number of benzene rings is 2. The predicted octanol–water partition coefficient (Wildman–Crippen LogP) is 5.92. The molecule has 0 heterocycles. The molecule has 0 aliphatic rings. The molecular weight excluding hydrogens is 510 g/mol. The van der Waals surface area contributed by atoms with Crippen LogP contribution in [0.25, 0.3) is 0 Å².